The van der Waals surface area contributed by atoms with Crippen molar-refractivity contribution < 1.29 is 93.8 Å². The number of aliphatic hydroxyl groups excluding tert-OH is 10. The van der Waals surface area contributed by atoms with Gasteiger partial charge in [0.1, 0.15) is 67.1 Å². The number of rotatable bonds is 9. The van der Waals surface area contributed by atoms with Crippen LogP contribution in [0, 0.1) is 50.2 Å². The van der Waals surface area contributed by atoms with Gasteiger partial charge in [-0.25, -0.2) is 0 Å². The minimum atomic E-state index is -1.76. The monoisotopic (exact) mass is 956 g/mol. The van der Waals surface area contributed by atoms with Crippen LogP contribution in [0.1, 0.15) is 106 Å². The Bertz CT molecular complexity index is 1860. The molecule has 0 unspecified atom stereocenters. The highest BCUT2D eigenvalue weighted by molar-refractivity contribution is 5.81. The number of esters is 2. The van der Waals surface area contributed by atoms with Gasteiger partial charge >= 0.3 is 11.9 Å². The second kappa shape index (κ2) is 18.3. The van der Waals surface area contributed by atoms with Crippen molar-refractivity contribution in [3.8, 4) is 0 Å². The number of carbonyl (C=O) groups excluding carboxylic acids is 2. The summed E-state index contributed by atoms with van der Waals surface area (Å²) in [6, 6.07) is 0. The van der Waals surface area contributed by atoms with Crippen molar-refractivity contribution in [2.24, 2.45) is 50.2 Å². The van der Waals surface area contributed by atoms with E-state index in [1.807, 2.05) is 6.92 Å². The lowest BCUT2D eigenvalue weighted by Gasteiger charge is -2.71. The lowest BCUT2D eigenvalue weighted by Crippen LogP contribution is -2.66. The highest BCUT2D eigenvalue weighted by atomic mass is 16.7. The predicted molar refractivity (Wildman–Crippen MR) is 231 cm³/mol. The highest BCUT2D eigenvalue weighted by Gasteiger charge is 2.71. The summed E-state index contributed by atoms with van der Waals surface area (Å²) in [5, 5.41) is 105. The fourth-order valence-electron chi connectivity index (χ4n) is 15.0. The molecule has 0 aromatic heterocycles. The number of carbonyl (C=O) groups is 2. The quantitative estimate of drug-likeness (QED) is 0.0822. The molecule has 67 heavy (non-hydrogen) atoms. The predicted octanol–water partition coefficient (Wildman–Crippen LogP) is -0.0673. The molecule has 3 heterocycles. The normalized spacial score (nSPS) is 52.9. The van der Waals surface area contributed by atoms with Crippen LogP contribution in [-0.4, -0.2) is 182 Å². The van der Waals surface area contributed by atoms with Gasteiger partial charge in [-0.1, -0.05) is 46.3 Å². The Morgan fingerprint density at radius 3 is 1.91 bits per heavy atom. The Labute approximate surface area is 391 Å². The Hall–Kier alpha value is -1.92. The molecule has 382 valence electrons. The molecule has 10 N–H and O–H groups in total. The summed E-state index contributed by atoms with van der Waals surface area (Å²) in [6.07, 6.45) is -13.5. The molecule has 0 bridgehead atoms. The molecule has 7 fully saturated rings. The van der Waals surface area contributed by atoms with Gasteiger partial charge in [-0.05, 0) is 111 Å². The van der Waals surface area contributed by atoms with Crippen LogP contribution in [-0.2, 0) is 42.7 Å². The van der Waals surface area contributed by atoms with E-state index in [0.29, 0.717) is 38.5 Å². The lowest BCUT2D eigenvalue weighted by atomic mass is 9.33. The first-order valence-corrected chi connectivity index (χ1v) is 24.3. The molecule has 3 aliphatic heterocycles. The summed E-state index contributed by atoms with van der Waals surface area (Å²) in [7, 11) is 1.37. The number of fused-ring (bicyclic) bond motifs is 7. The van der Waals surface area contributed by atoms with Crippen LogP contribution >= 0.6 is 0 Å². The van der Waals surface area contributed by atoms with E-state index in [9.17, 15) is 60.7 Å². The molecular weight excluding hydrogens is 881 g/mol. The van der Waals surface area contributed by atoms with E-state index in [2.05, 4.69) is 40.7 Å². The molecule has 0 amide bonds. The van der Waals surface area contributed by atoms with Crippen LogP contribution in [0.5, 0.6) is 0 Å². The maximum absolute atomic E-state index is 14.8. The van der Waals surface area contributed by atoms with Crippen molar-refractivity contribution in [2.45, 2.75) is 198 Å². The summed E-state index contributed by atoms with van der Waals surface area (Å²) in [5.74, 6) is -1.03. The van der Waals surface area contributed by atoms with E-state index in [4.69, 9.17) is 33.2 Å². The number of methoxy groups -OCH3 is 1. The average Bonchev–Trinajstić information content (AvgIpc) is 3.29. The van der Waals surface area contributed by atoms with Gasteiger partial charge in [-0.3, -0.25) is 9.59 Å². The second-order valence-corrected chi connectivity index (χ2v) is 22.9. The third-order valence-corrected chi connectivity index (χ3v) is 19.4. The number of hydrogen-bond donors (Lipinski definition) is 10. The van der Waals surface area contributed by atoms with Crippen molar-refractivity contribution in [2.75, 3.05) is 26.9 Å². The Balaban J connectivity index is 1.03. The zero-order chi connectivity index (χ0) is 49.0. The van der Waals surface area contributed by atoms with Gasteiger partial charge in [-0.2, -0.15) is 0 Å². The summed E-state index contributed by atoms with van der Waals surface area (Å²) in [4.78, 5) is 28.3. The van der Waals surface area contributed by atoms with Crippen LogP contribution in [0.2, 0.25) is 0 Å². The third kappa shape index (κ3) is 7.97. The number of ether oxygens (including phenoxy) is 7. The Morgan fingerprint density at radius 2 is 1.28 bits per heavy atom. The molecule has 0 spiro atoms. The van der Waals surface area contributed by atoms with Crippen LogP contribution in [0.15, 0.2) is 11.6 Å². The molecule has 8 rings (SSSR count). The van der Waals surface area contributed by atoms with Gasteiger partial charge in [0.15, 0.2) is 12.6 Å². The van der Waals surface area contributed by atoms with Crippen molar-refractivity contribution >= 4 is 11.9 Å². The van der Waals surface area contributed by atoms with Gasteiger partial charge < -0.3 is 84.2 Å². The Morgan fingerprint density at radius 1 is 0.672 bits per heavy atom. The third-order valence-electron chi connectivity index (χ3n) is 19.4. The lowest BCUT2D eigenvalue weighted by molar-refractivity contribution is -0.357. The molecular formula is C48H76O19. The van der Waals surface area contributed by atoms with E-state index >= 15 is 0 Å². The van der Waals surface area contributed by atoms with Gasteiger partial charge in [0.2, 0.25) is 6.29 Å². The fraction of sp³-hybridized carbons (Fsp3) is 0.917. The summed E-state index contributed by atoms with van der Waals surface area (Å²) >= 11 is 0. The number of hydrogen-bond acceptors (Lipinski definition) is 19. The van der Waals surface area contributed by atoms with Gasteiger partial charge in [0, 0.05) is 0 Å². The zero-order valence-corrected chi connectivity index (χ0v) is 39.8. The van der Waals surface area contributed by atoms with E-state index in [-0.39, 0.29) is 41.3 Å². The first kappa shape index (κ1) is 51.4. The number of allylic oxidation sites excluding steroid dienone is 2. The second-order valence-electron chi connectivity index (χ2n) is 22.9. The van der Waals surface area contributed by atoms with E-state index in [1.54, 1.807) is 0 Å². The molecule has 0 aromatic carbocycles. The van der Waals surface area contributed by atoms with Crippen molar-refractivity contribution in [1.82, 2.24) is 0 Å². The number of aliphatic hydroxyl groups is 10. The standard InChI is InChI=1S/C48H76O19/c1-43(2)27-10-13-47(6)28(45(27,4)12-11-29(43)65-38-36(58)37(24(51)21-62-38)66-39-34(56)32(54)30(52)25(19-49)63-39)9-8-22-23-18-44(3,41(59)61-7)14-16-48(23,17-15-46(22,47)5)42(60)67-40-35(57)33(55)31(53)26(20-50)64-40/h8,23-40,49-58H,9-21H2,1-7H3/t23-,24-,25+,26-,27-,28+,29-,30+,31-,32-,33+,34+,35-,36+,37-,38-,39-,40-,44-,45-,46+,47+,48-/m0/s1. The topological polar surface area (TPSA) is 301 Å². The van der Waals surface area contributed by atoms with E-state index in [0.717, 1.165) is 31.3 Å². The molecule has 4 saturated carbocycles. The summed E-state index contributed by atoms with van der Waals surface area (Å²) in [5.41, 5.74) is -2.14. The Kier molecular flexibility index (Phi) is 14.0. The molecule has 0 aromatic rings. The molecule has 23 atom stereocenters. The molecule has 19 nitrogen and oxygen atoms in total. The maximum Gasteiger partial charge on any atom is 0.315 e. The molecule has 8 aliphatic rings. The van der Waals surface area contributed by atoms with E-state index < -0.39 is 133 Å². The summed E-state index contributed by atoms with van der Waals surface area (Å²) < 4.78 is 40.8. The molecule has 3 saturated heterocycles. The first-order chi connectivity index (χ1) is 31.4. The molecule has 5 aliphatic carbocycles. The largest absolute Gasteiger partial charge is 0.469 e. The summed E-state index contributed by atoms with van der Waals surface area (Å²) in [6.45, 7) is 11.7. The highest BCUT2D eigenvalue weighted by Crippen LogP contribution is 2.76. The minimum absolute atomic E-state index is 0.163. The van der Waals surface area contributed by atoms with Crippen LogP contribution < -0.4 is 0 Å². The van der Waals surface area contributed by atoms with Gasteiger partial charge in [-0.15, -0.1) is 0 Å². The van der Waals surface area contributed by atoms with Crippen LogP contribution in [0.25, 0.3) is 0 Å². The van der Waals surface area contributed by atoms with Crippen molar-refractivity contribution in [3.63, 3.8) is 0 Å². The maximum atomic E-state index is 14.8. The molecule has 0 radical (unpaired) electrons. The first-order valence-electron chi connectivity index (χ1n) is 24.3. The zero-order valence-electron chi connectivity index (χ0n) is 39.8. The van der Waals surface area contributed by atoms with Crippen molar-refractivity contribution in [3.05, 3.63) is 11.6 Å². The van der Waals surface area contributed by atoms with Gasteiger partial charge in [0.25, 0.3) is 0 Å². The van der Waals surface area contributed by atoms with Crippen LogP contribution in [0.3, 0.4) is 0 Å². The van der Waals surface area contributed by atoms with Crippen molar-refractivity contribution in [1.29, 1.82) is 0 Å². The van der Waals surface area contributed by atoms with Crippen LogP contribution in [0.4, 0.5) is 0 Å². The fourth-order valence-corrected chi connectivity index (χ4v) is 15.0. The van der Waals surface area contributed by atoms with Gasteiger partial charge in [0.05, 0.1) is 43.9 Å². The van der Waals surface area contributed by atoms with E-state index in [1.165, 1.54) is 7.11 Å². The SMILES string of the molecule is COC(=O)[C@@]1(C)CC[C@]2(C(=O)O[C@@H]3O[C@@H](CO)[C@H](O)[C@@H](O)[C@@H]3O)CC[C@]3(C)C(=CC[C@@H]4[C@@]5(C)CC[C@H](O[C@@H]6OC[C@H](O)[C@H](O[C@@H]7O[C@H](CO)[C@@H](O)[C@H](O)[C@H]7O)[C@H]6O)C(C)(C)[C@@H]5CC[C@]43C)[C@@H]2C1. The minimum Gasteiger partial charge on any atom is -0.469 e. The smallest absolute Gasteiger partial charge is 0.315 e. The molecule has 19 heteroatoms. The average molecular weight is 957 g/mol.